The van der Waals surface area contributed by atoms with Crippen LogP contribution in [0.15, 0.2) is 0 Å². The average Bonchev–Trinajstić information content (AvgIpc) is 2.68. The SMILES string of the molecule is CC1(C)CCCC(NC(=S)NC2CCCC2)C1. The van der Waals surface area contributed by atoms with Gasteiger partial charge >= 0.3 is 0 Å². The van der Waals surface area contributed by atoms with Crippen LogP contribution < -0.4 is 10.6 Å². The van der Waals surface area contributed by atoms with Gasteiger partial charge in [-0.1, -0.05) is 33.1 Å². The number of nitrogens with one attached hydrogen (secondary N) is 2. The molecule has 17 heavy (non-hydrogen) atoms. The Labute approximate surface area is 111 Å². The molecule has 1 atom stereocenters. The van der Waals surface area contributed by atoms with Crippen molar-refractivity contribution < 1.29 is 0 Å². The first-order valence-corrected chi connectivity index (χ1v) is 7.53. The van der Waals surface area contributed by atoms with Gasteiger partial charge in [0.1, 0.15) is 0 Å². The molecule has 0 saturated heterocycles. The Morgan fingerprint density at radius 3 is 2.24 bits per heavy atom. The Morgan fingerprint density at radius 2 is 1.59 bits per heavy atom. The van der Waals surface area contributed by atoms with Gasteiger partial charge in [0.25, 0.3) is 0 Å². The summed E-state index contributed by atoms with van der Waals surface area (Å²) < 4.78 is 0. The molecule has 2 N–H and O–H groups in total. The molecule has 0 aromatic rings. The summed E-state index contributed by atoms with van der Waals surface area (Å²) in [5, 5.41) is 7.88. The molecular formula is C14H26N2S. The highest BCUT2D eigenvalue weighted by molar-refractivity contribution is 7.80. The Balaban J connectivity index is 1.74. The third kappa shape index (κ3) is 4.13. The highest BCUT2D eigenvalue weighted by Gasteiger charge is 2.28. The molecule has 0 spiro atoms. The highest BCUT2D eigenvalue weighted by atomic mass is 32.1. The second-order valence-electron chi connectivity index (χ2n) is 6.56. The molecule has 2 fully saturated rings. The van der Waals surface area contributed by atoms with Crippen molar-refractivity contribution in [3.63, 3.8) is 0 Å². The van der Waals surface area contributed by atoms with Gasteiger partial charge < -0.3 is 10.6 Å². The van der Waals surface area contributed by atoms with Crippen LogP contribution in [0.4, 0.5) is 0 Å². The van der Waals surface area contributed by atoms with Crippen molar-refractivity contribution in [1.29, 1.82) is 0 Å². The van der Waals surface area contributed by atoms with E-state index in [9.17, 15) is 0 Å². The van der Waals surface area contributed by atoms with Crippen molar-refractivity contribution in [3.8, 4) is 0 Å². The molecular weight excluding hydrogens is 228 g/mol. The topological polar surface area (TPSA) is 24.1 Å². The lowest BCUT2D eigenvalue weighted by Crippen LogP contribution is -2.47. The van der Waals surface area contributed by atoms with Crippen molar-refractivity contribution in [2.24, 2.45) is 5.41 Å². The molecule has 2 rings (SSSR count). The summed E-state index contributed by atoms with van der Waals surface area (Å²) in [6.45, 7) is 4.74. The van der Waals surface area contributed by atoms with Gasteiger partial charge in [-0.15, -0.1) is 0 Å². The number of thiocarbonyl (C=S) groups is 1. The van der Waals surface area contributed by atoms with Crippen LogP contribution in [-0.2, 0) is 0 Å². The van der Waals surface area contributed by atoms with Crippen LogP contribution in [0.25, 0.3) is 0 Å². The van der Waals surface area contributed by atoms with E-state index in [2.05, 4.69) is 24.5 Å². The van der Waals surface area contributed by atoms with Gasteiger partial charge in [0.15, 0.2) is 5.11 Å². The van der Waals surface area contributed by atoms with Crippen molar-refractivity contribution in [1.82, 2.24) is 10.6 Å². The maximum absolute atomic E-state index is 5.42. The quantitative estimate of drug-likeness (QED) is 0.739. The van der Waals surface area contributed by atoms with E-state index in [0.717, 1.165) is 5.11 Å². The lowest BCUT2D eigenvalue weighted by Gasteiger charge is -2.36. The summed E-state index contributed by atoms with van der Waals surface area (Å²) in [5.74, 6) is 0. The number of hydrogen-bond acceptors (Lipinski definition) is 1. The Morgan fingerprint density at radius 1 is 1.00 bits per heavy atom. The van der Waals surface area contributed by atoms with E-state index in [0.29, 0.717) is 17.5 Å². The molecule has 0 amide bonds. The lowest BCUT2D eigenvalue weighted by molar-refractivity contribution is 0.210. The first-order valence-electron chi connectivity index (χ1n) is 7.12. The number of hydrogen-bond donors (Lipinski definition) is 2. The zero-order valence-electron chi connectivity index (χ0n) is 11.2. The summed E-state index contributed by atoms with van der Waals surface area (Å²) in [5.41, 5.74) is 0.485. The molecule has 0 aliphatic heterocycles. The lowest BCUT2D eigenvalue weighted by atomic mass is 9.75. The van der Waals surface area contributed by atoms with E-state index in [1.54, 1.807) is 0 Å². The van der Waals surface area contributed by atoms with E-state index >= 15 is 0 Å². The van der Waals surface area contributed by atoms with E-state index in [1.807, 2.05) is 0 Å². The summed E-state index contributed by atoms with van der Waals surface area (Å²) in [6, 6.07) is 1.21. The molecule has 0 heterocycles. The summed E-state index contributed by atoms with van der Waals surface area (Å²) >= 11 is 5.42. The molecule has 0 bridgehead atoms. The fourth-order valence-corrected chi connectivity index (χ4v) is 3.64. The van der Waals surface area contributed by atoms with Crippen LogP contribution in [-0.4, -0.2) is 17.2 Å². The van der Waals surface area contributed by atoms with E-state index < -0.39 is 0 Å². The van der Waals surface area contributed by atoms with Crippen molar-refractivity contribution in [3.05, 3.63) is 0 Å². The third-order valence-corrected chi connectivity index (χ3v) is 4.47. The molecule has 1 unspecified atom stereocenters. The molecule has 0 aromatic carbocycles. The van der Waals surface area contributed by atoms with Crippen LogP contribution in [0.5, 0.6) is 0 Å². The van der Waals surface area contributed by atoms with Gasteiger partial charge in [0.2, 0.25) is 0 Å². The second-order valence-corrected chi connectivity index (χ2v) is 6.96. The van der Waals surface area contributed by atoms with Crippen LogP contribution in [0.2, 0.25) is 0 Å². The molecule has 3 heteroatoms. The molecule has 2 aliphatic carbocycles. The van der Waals surface area contributed by atoms with E-state index in [1.165, 1.54) is 51.4 Å². The molecule has 98 valence electrons. The second kappa shape index (κ2) is 5.55. The zero-order chi connectivity index (χ0) is 12.3. The Hall–Kier alpha value is -0.310. The third-order valence-electron chi connectivity index (χ3n) is 4.23. The molecule has 2 nitrogen and oxygen atoms in total. The van der Waals surface area contributed by atoms with Gasteiger partial charge in [0, 0.05) is 12.1 Å². The van der Waals surface area contributed by atoms with Gasteiger partial charge in [-0.25, -0.2) is 0 Å². The van der Waals surface area contributed by atoms with Crippen LogP contribution >= 0.6 is 12.2 Å². The van der Waals surface area contributed by atoms with E-state index in [4.69, 9.17) is 12.2 Å². The fourth-order valence-electron chi connectivity index (χ4n) is 3.30. The number of rotatable bonds is 2. The first-order chi connectivity index (χ1) is 8.05. The molecule has 2 saturated carbocycles. The molecule has 0 radical (unpaired) electrons. The highest BCUT2D eigenvalue weighted by Crippen LogP contribution is 2.35. The summed E-state index contributed by atoms with van der Waals surface area (Å²) in [6.07, 6.45) is 10.5. The van der Waals surface area contributed by atoms with Crippen LogP contribution in [0, 0.1) is 5.41 Å². The Bertz CT molecular complexity index is 269. The predicted octanol–water partition coefficient (Wildman–Crippen LogP) is 3.36. The normalized spacial score (nSPS) is 28.9. The standard InChI is InChI=1S/C14H26N2S/c1-14(2)9-5-8-12(10-14)16-13(17)15-11-6-3-4-7-11/h11-12H,3-10H2,1-2H3,(H2,15,16,17). The van der Waals surface area contributed by atoms with Gasteiger partial charge in [-0.3, -0.25) is 0 Å². The minimum atomic E-state index is 0.485. The van der Waals surface area contributed by atoms with Gasteiger partial charge in [-0.05, 0) is 49.7 Å². The van der Waals surface area contributed by atoms with Crippen LogP contribution in [0.1, 0.15) is 65.2 Å². The minimum absolute atomic E-state index is 0.485. The predicted molar refractivity (Wildman–Crippen MR) is 77.2 cm³/mol. The van der Waals surface area contributed by atoms with E-state index in [-0.39, 0.29) is 0 Å². The monoisotopic (exact) mass is 254 g/mol. The van der Waals surface area contributed by atoms with Crippen LogP contribution in [0.3, 0.4) is 0 Å². The van der Waals surface area contributed by atoms with Crippen molar-refractivity contribution in [2.75, 3.05) is 0 Å². The van der Waals surface area contributed by atoms with Crippen molar-refractivity contribution >= 4 is 17.3 Å². The largest absolute Gasteiger partial charge is 0.360 e. The summed E-state index contributed by atoms with van der Waals surface area (Å²) in [4.78, 5) is 0. The average molecular weight is 254 g/mol. The maximum Gasteiger partial charge on any atom is 0.166 e. The minimum Gasteiger partial charge on any atom is -0.360 e. The summed E-state index contributed by atoms with van der Waals surface area (Å²) in [7, 11) is 0. The van der Waals surface area contributed by atoms with Crippen molar-refractivity contribution in [2.45, 2.75) is 77.3 Å². The first kappa shape index (κ1) is 13.1. The van der Waals surface area contributed by atoms with Gasteiger partial charge in [0.05, 0.1) is 0 Å². The molecule has 2 aliphatic rings. The Kier molecular flexibility index (Phi) is 4.29. The van der Waals surface area contributed by atoms with Gasteiger partial charge in [-0.2, -0.15) is 0 Å². The zero-order valence-corrected chi connectivity index (χ0v) is 12.0. The maximum atomic E-state index is 5.42. The smallest absolute Gasteiger partial charge is 0.166 e. The molecule has 0 aromatic heterocycles. The fraction of sp³-hybridized carbons (Fsp3) is 0.929.